The molecule has 1 aliphatic rings. The predicted molar refractivity (Wildman–Crippen MR) is 99.0 cm³/mol. The van der Waals surface area contributed by atoms with Gasteiger partial charge >= 0.3 is 0 Å². The van der Waals surface area contributed by atoms with E-state index in [-0.39, 0.29) is 17.7 Å². The predicted octanol–water partition coefficient (Wildman–Crippen LogP) is 3.03. The molecule has 1 aromatic carbocycles. The highest BCUT2D eigenvalue weighted by molar-refractivity contribution is 5.96. The van der Waals surface area contributed by atoms with Gasteiger partial charge in [-0.15, -0.1) is 0 Å². The van der Waals surface area contributed by atoms with Crippen molar-refractivity contribution in [1.29, 1.82) is 0 Å². The number of benzene rings is 1. The van der Waals surface area contributed by atoms with Crippen molar-refractivity contribution < 1.29 is 14.3 Å². The Morgan fingerprint density at radius 1 is 1.00 bits per heavy atom. The smallest absolute Gasteiger partial charge is 0.254 e. The molecule has 1 fully saturated rings. The van der Waals surface area contributed by atoms with Gasteiger partial charge in [0.25, 0.3) is 5.91 Å². The number of carbonyl (C=O) groups is 2. The van der Waals surface area contributed by atoms with Crippen LogP contribution in [0.5, 0.6) is 5.75 Å². The van der Waals surface area contributed by atoms with Gasteiger partial charge in [-0.3, -0.25) is 9.59 Å². The van der Waals surface area contributed by atoms with Gasteiger partial charge in [0.1, 0.15) is 5.75 Å². The molecule has 0 bridgehead atoms. The van der Waals surface area contributed by atoms with Gasteiger partial charge in [0.2, 0.25) is 5.91 Å². The molecule has 2 rings (SSSR count). The lowest BCUT2D eigenvalue weighted by Crippen LogP contribution is -2.52. The Morgan fingerprint density at radius 2 is 1.56 bits per heavy atom. The molecular formula is C20H30N2O3. The molecule has 25 heavy (non-hydrogen) atoms. The average molecular weight is 346 g/mol. The number of ether oxygens (including phenoxy) is 1. The van der Waals surface area contributed by atoms with E-state index in [4.69, 9.17) is 4.74 Å². The Balaban J connectivity index is 2.05. The highest BCUT2D eigenvalue weighted by Gasteiger charge is 2.28. The fourth-order valence-corrected chi connectivity index (χ4v) is 3.44. The molecule has 0 atom stereocenters. The number of aryl methyl sites for hydroxylation is 2. The first-order chi connectivity index (χ1) is 11.9. The number of hydrogen-bond acceptors (Lipinski definition) is 3. The summed E-state index contributed by atoms with van der Waals surface area (Å²) in [6.07, 6.45) is 1.75. The zero-order chi connectivity index (χ0) is 18.6. The average Bonchev–Trinajstić information content (AvgIpc) is 2.63. The SMILES string of the molecule is CCC(CC)C(=O)N1CCN(C(=O)c2cc(C)c(OC)cc2C)CC1. The zero-order valence-electron chi connectivity index (χ0n) is 16.1. The van der Waals surface area contributed by atoms with Crippen molar-refractivity contribution in [1.82, 2.24) is 9.80 Å². The quantitative estimate of drug-likeness (QED) is 0.823. The summed E-state index contributed by atoms with van der Waals surface area (Å²) in [4.78, 5) is 29.1. The molecule has 5 heteroatoms. The Bertz CT molecular complexity index is 630. The monoisotopic (exact) mass is 346 g/mol. The Morgan fingerprint density at radius 3 is 2.08 bits per heavy atom. The summed E-state index contributed by atoms with van der Waals surface area (Å²) in [6, 6.07) is 3.81. The number of amides is 2. The van der Waals surface area contributed by atoms with Gasteiger partial charge in [-0.2, -0.15) is 0 Å². The van der Waals surface area contributed by atoms with Crippen molar-refractivity contribution in [2.45, 2.75) is 40.5 Å². The Hall–Kier alpha value is -2.04. The topological polar surface area (TPSA) is 49.9 Å². The Kier molecular flexibility index (Phi) is 6.45. The maximum absolute atomic E-state index is 12.9. The third-order valence-electron chi connectivity index (χ3n) is 5.19. The minimum absolute atomic E-state index is 0.0397. The zero-order valence-corrected chi connectivity index (χ0v) is 16.1. The van der Waals surface area contributed by atoms with Crippen LogP contribution < -0.4 is 4.74 Å². The van der Waals surface area contributed by atoms with Crippen LogP contribution in [0.25, 0.3) is 0 Å². The molecule has 0 saturated carbocycles. The molecule has 5 nitrogen and oxygen atoms in total. The summed E-state index contributed by atoms with van der Waals surface area (Å²) in [5.41, 5.74) is 2.60. The van der Waals surface area contributed by atoms with Gasteiger partial charge in [0.15, 0.2) is 0 Å². The Labute approximate surface area is 150 Å². The van der Waals surface area contributed by atoms with Crippen molar-refractivity contribution in [3.05, 3.63) is 28.8 Å². The van der Waals surface area contributed by atoms with Crippen LogP contribution in [0.2, 0.25) is 0 Å². The van der Waals surface area contributed by atoms with Crippen LogP contribution in [0.3, 0.4) is 0 Å². The summed E-state index contributed by atoms with van der Waals surface area (Å²) in [6.45, 7) is 10.4. The van der Waals surface area contributed by atoms with Crippen molar-refractivity contribution in [3.63, 3.8) is 0 Å². The van der Waals surface area contributed by atoms with Crippen LogP contribution in [0.1, 0.15) is 48.2 Å². The first-order valence-corrected chi connectivity index (χ1v) is 9.16. The summed E-state index contributed by atoms with van der Waals surface area (Å²) < 4.78 is 5.32. The molecule has 0 aliphatic carbocycles. The molecule has 1 aliphatic heterocycles. The van der Waals surface area contributed by atoms with Crippen LogP contribution in [-0.4, -0.2) is 54.9 Å². The number of nitrogens with zero attached hydrogens (tertiary/aromatic N) is 2. The number of carbonyl (C=O) groups excluding carboxylic acids is 2. The highest BCUT2D eigenvalue weighted by atomic mass is 16.5. The van der Waals surface area contributed by atoms with E-state index >= 15 is 0 Å². The summed E-state index contributed by atoms with van der Waals surface area (Å²) in [5, 5.41) is 0. The maximum atomic E-state index is 12.9. The second kappa shape index (κ2) is 8.37. The number of methoxy groups -OCH3 is 1. The van der Waals surface area contributed by atoms with E-state index < -0.39 is 0 Å². The third kappa shape index (κ3) is 4.14. The summed E-state index contributed by atoms with van der Waals surface area (Å²) >= 11 is 0. The van der Waals surface area contributed by atoms with Gasteiger partial charge in [-0.1, -0.05) is 13.8 Å². The molecule has 138 valence electrons. The normalized spacial score (nSPS) is 14.8. The first-order valence-electron chi connectivity index (χ1n) is 9.16. The van der Waals surface area contributed by atoms with E-state index in [1.807, 2.05) is 35.8 Å². The molecule has 0 aromatic heterocycles. The molecule has 2 amide bonds. The molecule has 0 radical (unpaired) electrons. The molecule has 1 saturated heterocycles. The number of piperazine rings is 1. The van der Waals surface area contributed by atoms with E-state index in [1.165, 1.54) is 0 Å². The highest BCUT2D eigenvalue weighted by Crippen LogP contribution is 2.24. The van der Waals surface area contributed by atoms with Crippen LogP contribution in [-0.2, 0) is 4.79 Å². The van der Waals surface area contributed by atoms with Crippen molar-refractivity contribution in [2.75, 3.05) is 33.3 Å². The lowest BCUT2D eigenvalue weighted by atomic mass is 10.0. The van der Waals surface area contributed by atoms with Gasteiger partial charge in [-0.05, 0) is 49.9 Å². The minimum atomic E-state index is 0.0397. The van der Waals surface area contributed by atoms with E-state index in [1.54, 1.807) is 7.11 Å². The molecular weight excluding hydrogens is 316 g/mol. The fourth-order valence-electron chi connectivity index (χ4n) is 3.44. The van der Waals surface area contributed by atoms with Crippen molar-refractivity contribution in [3.8, 4) is 5.75 Å². The lowest BCUT2D eigenvalue weighted by molar-refractivity contribution is -0.137. The van der Waals surface area contributed by atoms with E-state index in [2.05, 4.69) is 13.8 Å². The largest absolute Gasteiger partial charge is 0.496 e. The van der Waals surface area contributed by atoms with Crippen LogP contribution in [0.15, 0.2) is 12.1 Å². The maximum Gasteiger partial charge on any atom is 0.254 e. The number of rotatable bonds is 5. The van der Waals surface area contributed by atoms with Crippen molar-refractivity contribution >= 4 is 11.8 Å². The minimum Gasteiger partial charge on any atom is -0.496 e. The molecule has 0 spiro atoms. The van der Waals surface area contributed by atoms with Crippen LogP contribution in [0.4, 0.5) is 0 Å². The second-order valence-electron chi connectivity index (χ2n) is 6.77. The van der Waals surface area contributed by atoms with Crippen LogP contribution in [0, 0.1) is 19.8 Å². The fraction of sp³-hybridized carbons (Fsp3) is 0.600. The van der Waals surface area contributed by atoms with E-state index in [9.17, 15) is 9.59 Å². The van der Waals surface area contributed by atoms with Gasteiger partial charge < -0.3 is 14.5 Å². The van der Waals surface area contributed by atoms with Gasteiger partial charge in [0, 0.05) is 37.7 Å². The summed E-state index contributed by atoms with van der Waals surface area (Å²) in [7, 11) is 1.64. The van der Waals surface area contributed by atoms with Gasteiger partial charge in [0.05, 0.1) is 7.11 Å². The van der Waals surface area contributed by atoms with E-state index in [0.29, 0.717) is 26.2 Å². The standard InChI is InChI=1S/C20H30N2O3/c1-6-16(7-2)19(23)21-8-10-22(11-9-21)20(24)17-12-15(4)18(25-5)13-14(17)3/h12-13,16H,6-11H2,1-5H3. The molecule has 1 aromatic rings. The van der Waals surface area contributed by atoms with Crippen molar-refractivity contribution in [2.24, 2.45) is 5.92 Å². The lowest BCUT2D eigenvalue weighted by Gasteiger charge is -2.36. The second-order valence-corrected chi connectivity index (χ2v) is 6.77. The first kappa shape index (κ1) is 19.3. The molecule has 0 unspecified atom stereocenters. The molecule has 1 heterocycles. The van der Waals surface area contributed by atoms with Crippen LogP contribution >= 0.6 is 0 Å². The summed E-state index contributed by atoms with van der Waals surface area (Å²) in [5.74, 6) is 1.18. The number of hydrogen-bond donors (Lipinski definition) is 0. The third-order valence-corrected chi connectivity index (χ3v) is 5.19. The molecule has 0 N–H and O–H groups in total. The van der Waals surface area contributed by atoms with E-state index in [0.717, 1.165) is 35.3 Å². The van der Waals surface area contributed by atoms with Gasteiger partial charge in [-0.25, -0.2) is 0 Å².